The van der Waals surface area contributed by atoms with E-state index in [0.29, 0.717) is 12.4 Å². The van der Waals surface area contributed by atoms with E-state index in [0.717, 1.165) is 0 Å². The molecule has 0 aromatic carbocycles. The summed E-state index contributed by atoms with van der Waals surface area (Å²) in [7, 11) is 0. The fourth-order valence-corrected chi connectivity index (χ4v) is 1.25. The monoisotopic (exact) mass is 233 g/mol. The molecule has 0 aliphatic rings. The van der Waals surface area contributed by atoms with E-state index >= 15 is 0 Å². The van der Waals surface area contributed by atoms with Crippen molar-refractivity contribution in [3.8, 4) is 0 Å². The van der Waals surface area contributed by atoms with Gasteiger partial charge in [-0.25, -0.2) is 4.98 Å². The summed E-state index contributed by atoms with van der Waals surface area (Å²) in [4.78, 5) is 28.2. The van der Waals surface area contributed by atoms with Crippen LogP contribution in [0.3, 0.4) is 0 Å². The highest BCUT2D eigenvalue weighted by Gasteiger charge is 2.12. The summed E-state index contributed by atoms with van der Waals surface area (Å²) < 4.78 is 0. The topological polar surface area (TPSA) is 62.3 Å². The molecule has 0 saturated heterocycles. The predicted octanol–water partition coefficient (Wildman–Crippen LogP) is 1.05. The third-order valence-corrected chi connectivity index (χ3v) is 2.06. The minimum atomic E-state index is -0.277. The van der Waals surface area contributed by atoms with Crippen molar-refractivity contribution in [3.63, 3.8) is 0 Å². The molecule has 1 aromatic rings. The number of aromatic nitrogens is 1. The Morgan fingerprint density at radius 1 is 1.53 bits per heavy atom. The number of nitrogens with zero attached hydrogens (tertiary/aromatic N) is 2. The van der Waals surface area contributed by atoms with Crippen molar-refractivity contribution in [2.45, 2.75) is 6.92 Å². The second kappa shape index (κ2) is 6.42. The van der Waals surface area contributed by atoms with Gasteiger partial charge < -0.3 is 10.2 Å². The molecule has 0 saturated carbocycles. The maximum atomic E-state index is 11.6. The number of hydrogen-bond donors (Lipinski definition) is 1. The largest absolute Gasteiger partial charge is 0.330 e. The van der Waals surface area contributed by atoms with E-state index in [1.165, 1.54) is 11.8 Å². The lowest BCUT2D eigenvalue weighted by Crippen LogP contribution is -2.36. The molecule has 1 aromatic heterocycles. The van der Waals surface area contributed by atoms with Crippen LogP contribution in [0.15, 0.2) is 37.1 Å². The third kappa shape index (κ3) is 4.46. The lowest BCUT2D eigenvalue weighted by atomic mass is 10.4. The van der Waals surface area contributed by atoms with Gasteiger partial charge in [0.15, 0.2) is 0 Å². The maximum absolute atomic E-state index is 11.6. The molecule has 5 heteroatoms. The molecule has 0 atom stereocenters. The summed E-state index contributed by atoms with van der Waals surface area (Å²) in [6.07, 6.45) is 3.16. The van der Waals surface area contributed by atoms with E-state index in [9.17, 15) is 9.59 Å². The Balaban J connectivity index is 2.53. The molecule has 1 rings (SSSR count). The van der Waals surface area contributed by atoms with E-state index in [1.54, 1.807) is 30.5 Å². The quantitative estimate of drug-likeness (QED) is 0.773. The fraction of sp³-hybridized carbons (Fsp3) is 0.250. The standard InChI is InChI=1S/C12H15N3O2/c1-3-8-15(10(2)16)9-12(17)14-11-6-4-5-7-13-11/h3-7H,1,8-9H2,2H3,(H,13,14,17). The summed E-state index contributed by atoms with van der Waals surface area (Å²) in [5, 5.41) is 2.61. The average Bonchev–Trinajstić information content (AvgIpc) is 2.29. The van der Waals surface area contributed by atoms with Gasteiger partial charge in [-0.2, -0.15) is 0 Å². The number of hydrogen-bond acceptors (Lipinski definition) is 3. The minimum absolute atomic E-state index is 0.00206. The van der Waals surface area contributed by atoms with Gasteiger partial charge >= 0.3 is 0 Å². The second-order valence-corrected chi connectivity index (χ2v) is 3.45. The highest BCUT2D eigenvalue weighted by Crippen LogP contribution is 2.00. The van der Waals surface area contributed by atoms with Crippen LogP contribution in [0.1, 0.15) is 6.92 Å². The SMILES string of the molecule is C=CCN(CC(=O)Nc1ccccn1)C(C)=O. The number of pyridine rings is 1. The first-order valence-electron chi connectivity index (χ1n) is 5.20. The molecule has 0 radical (unpaired) electrons. The van der Waals surface area contributed by atoms with Gasteiger partial charge in [0, 0.05) is 19.7 Å². The van der Waals surface area contributed by atoms with Crippen LogP contribution in [0, 0.1) is 0 Å². The fourth-order valence-electron chi connectivity index (χ4n) is 1.25. The minimum Gasteiger partial charge on any atom is -0.330 e. The van der Waals surface area contributed by atoms with Gasteiger partial charge in [-0.05, 0) is 12.1 Å². The van der Waals surface area contributed by atoms with E-state index < -0.39 is 0 Å². The Morgan fingerprint density at radius 2 is 2.29 bits per heavy atom. The van der Waals surface area contributed by atoms with Crippen LogP contribution >= 0.6 is 0 Å². The molecule has 0 spiro atoms. The van der Waals surface area contributed by atoms with E-state index in [4.69, 9.17) is 0 Å². The van der Waals surface area contributed by atoms with Gasteiger partial charge in [0.05, 0.1) is 0 Å². The molecular weight excluding hydrogens is 218 g/mol. The highest BCUT2D eigenvalue weighted by atomic mass is 16.2. The lowest BCUT2D eigenvalue weighted by molar-refractivity contribution is -0.132. The van der Waals surface area contributed by atoms with Crippen molar-refractivity contribution in [2.75, 3.05) is 18.4 Å². The molecule has 0 unspecified atom stereocenters. The molecule has 1 heterocycles. The molecule has 0 aliphatic heterocycles. The molecule has 5 nitrogen and oxygen atoms in total. The Labute approximate surface area is 100 Å². The summed E-state index contributed by atoms with van der Waals surface area (Å²) in [5.74, 6) is 0.0291. The maximum Gasteiger partial charge on any atom is 0.245 e. The molecule has 90 valence electrons. The summed E-state index contributed by atoms with van der Waals surface area (Å²) in [5.41, 5.74) is 0. The van der Waals surface area contributed by atoms with E-state index in [1.807, 2.05) is 0 Å². The second-order valence-electron chi connectivity index (χ2n) is 3.45. The van der Waals surface area contributed by atoms with Gasteiger partial charge in [0.1, 0.15) is 12.4 Å². The first-order chi connectivity index (χ1) is 8.13. The van der Waals surface area contributed by atoms with Crippen LogP contribution in [-0.2, 0) is 9.59 Å². The molecule has 0 fully saturated rings. The van der Waals surface area contributed by atoms with Crippen LogP contribution in [0.5, 0.6) is 0 Å². The van der Waals surface area contributed by atoms with E-state index in [2.05, 4.69) is 16.9 Å². The van der Waals surface area contributed by atoms with Gasteiger partial charge in [0.2, 0.25) is 11.8 Å². The average molecular weight is 233 g/mol. The van der Waals surface area contributed by atoms with E-state index in [-0.39, 0.29) is 18.4 Å². The van der Waals surface area contributed by atoms with Crippen molar-refractivity contribution in [1.82, 2.24) is 9.88 Å². The number of nitrogens with one attached hydrogen (secondary N) is 1. The normalized spacial score (nSPS) is 9.47. The van der Waals surface area contributed by atoms with Gasteiger partial charge in [-0.15, -0.1) is 6.58 Å². The molecule has 0 bridgehead atoms. The highest BCUT2D eigenvalue weighted by molar-refractivity contribution is 5.93. The van der Waals surface area contributed by atoms with Gasteiger partial charge in [-0.1, -0.05) is 12.1 Å². The smallest absolute Gasteiger partial charge is 0.245 e. The van der Waals surface area contributed by atoms with Crippen molar-refractivity contribution in [3.05, 3.63) is 37.1 Å². The molecule has 0 aliphatic carbocycles. The van der Waals surface area contributed by atoms with Crippen LogP contribution < -0.4 is 5.32 Å². The number of carbonyl (C=O) groups is 2. The molecular formula is C12H15N3O2. The van der Waals surface area contributed by atoms with Crippen LogP contribution in [0.4, 0.5) is 5.82 Å². The Kier molecular flexibility index (Phi) is 4.87. The van der Waals surface area contributed by atoms with Crippen LogP contribution in [-0.4, -0.2) is 34.8 Å². The van der Waals surface area contributed by atoms with Crippen LogP contribution in [0.2, 0.25) is 0 Å². The number of amides is 2. The Morgan fingerprint density at radius 3 is 2.82 bits per heavy atom. The zero-order valence-electron chi connectivity index (χ0n) is 9.72. The van der Waals surface area contributed by atoms with Crippen molar-refractivity contribution < 1.29 is 9.59 Å². The first-order valence-corrected chi connectivity index (χ1v) is 5.20. The summed E-state index contributed by atoms with van der Waals surface area (Å²) in [6.45, 7) is 5.30. The number of anilines is 1. The number of carbonyl (C=O) groups excluding carboxylic acids is 2. The molecule has 17 heavy (non-hydrogen) atoms. The lowest BCUT2D eigenvalue weighted by Gasteiger charge is -2.18. The third-order valence-electron chi connectivity index (χ3n) is 2.06. The summed E-state index contributed by atoms with van der Waals surface area (Å²) >= 11 is 0. The van der Waals surface area contributed by atoms with Crippen molar-refractivity contribution >= 4 is 17.6 Å². The van der Waals surface area contributed by atoms with Crippen molar-refractivity contribution in [1.29, 1.82) is 0 Å². The van der Waals surface area contributed by atoms with Gasteiger partial charge in [0.25, 0.3) is 0 Å². The van der Waals surface area contributed by atoms with Crippen molar-refractivity contribution in [2.24, 2.45) is 0 Å². The molecule has 2 amide bonds. The Bertz CT molecular complexity index is 403. The zero-order chi connectivity index (χ0) is 12.7. The summed E-state index contributed by atoms with van der Waals surface area (Å²) in [6, 6.07) is 5.22. The Hall–Kier alpha value is -2.17. The first kappa shape index (κ1) is 12.9. The van der Waals surface area contributed by atoms with Crippen LogP contribution in [0.25, 0.3) is 0 Å². The molecule has 1 N–H and O–H groups in total. The zero-order valence-corrected chi connectivity index (χ0v) is 9.72. The number of rotatable bonds is 5. The van der Waals surface area contributed by atoms with Gasteiger partial charge in [-0.3, -0.25) is 9.59 Å². The predicted molar refractivity (Wildman–Crippen MR) is 65.3 cm³/mol.